The summed E-state index contributed by atoms with van der Waals surface area (Å²) in [6, 6.07) is 1.82. The van der Waals surface area contributed by atoms with Crippen molar-refractivity contribution < 1.29 is 14.3 Å². The van der Waals surface area contributed by atoms with Crippen molar-refractivity contribution in [3.05, 3.63) is 17.4 Å². The van der Waals surface area contributed by atoms with Crippen molar-refractivity contribution in [1.82, 2.24) is 10.2 Å². The van der Waals surface area contributed by atoms with Gasteiger partial charge in [-0.25, -0.2) is 0 Å². The predicted molar refractivity (Wildman–Crippen MR) is 91.1 cm³/mol. The van der Waals surface area contributed by atoms with Crippen LogP contribution in [0.25, 0.3) is 0 Å². The third-order valence-electron chi connectivity index (χ3n) is 5.32. The lowest BCUT2D eigenvalue weighted by molar-refractivity contribution is -0.163. The predicted octanol–water partition coefficient (Wildman–Crippen LogP) is 2.71. The van der Waals surface area contributed by atoms with Crippen molar-refractivity contribution in [2.45, 2.75) is 32.6 Å². The molecule has 0 bridgehead atoms. The molecule has 2 saturated heterocycles. The highest BCUT2D eigenvalue weighted by Gasteiger charge is 2.48. The van der Waals surface area contributed by atoms with Gasteiger partial charge in [-0.05, 0) is 38.5 Å². The van der Waals surface area contributed by atoms with Crippen LogP contribution in [0.15, 0.2) is 12.3 Å². The first-order valence-corrected chi connectivity index (χ1v) is 9.01. The largest absolute Gasteiger partial charge is 0.466 e. The quantitative estimate of drug-likeness (QED) is 0.775. The van der Waals surface area contributed by atoms with Crippen LogP contribution in [0.4, 0.5) is 5.69 Å². The van der Waals surface area contributed by atoms with Crippen molar-refractivity contribution >= 4 is 23.3 Å². The van der Waals surface area contributed by atoms with Crippen molar-refractivity contribution in [3.8, 4) is 0 Å². The Morgan fingerprint density at radius 2 is 2.12 bits per heavy atom. The van der Waals surface area contributed by atoms with Crippen molar-refractivity contribution in [2.24, 2.45) is 11.3 Å². The van der Waals surface area contributed by atoms with Crippen molar-refractivity contribution in [1.29, 1.82) is 0 Å². The average molecular weight is 354 g/mol. The van der Waals surface area contributed by atoms with Gasteiger partial charge in [0, 0.05) is 32.4 Å². The van der Waals surface area contributed by atoms with Crippen LogP contribution in [-0.4, -0.2) is 49.1 Å². The molecule has 24 heavy (non-hydrogen) atoms. The Kier molecular flexibility index (Phi) is 5.56. The number of carbonyl (C=O) groups is 1. The smallest absolute Gasteiger partial charge is 0.312 e. The van der Waals surface area contributed by atoms with Crippen LogP contribution in [0.1, 0.15) is 32.6 Å². The third-order valence-corrected chi connectivity index (χ3v) is 5.50. The number of aromatic nitrogens is 2. The van der Waals surface area contributed by atoms with Gasteiger partial charge in [0.2, 0.25) is 0 Å². The first-order chi connectivity index (χ1) is 11.7. The second-order valence-corrected chi connectivity index (χ2v) is 6.87. The molecule has 132 valence electrons. The van der Waals surface area contributed by atoms with Gasteiger partial charge >= 0.3 is 5.97 Å². The summed E-state index contributed by atoms with van der Waals surface area (Å²) in [5, 5.41) is 8.10. The maximum atomic E-state index is 12.8. The lowest BCUT2D eigenvalue weighted by atomic mass is 9.66. The number of hydrogen-bond acceptors (Lipinski definition) is 6. The molecule has 0 unspecified atom stereocenters. The molecule has 0 saturated carbocycles. The summed E-state index contributed by atoms with van der Waals surface area (Å²) in [4.78, 5) is 15.0. The second-order valence-electron chi connectivity index (χ2n) is 6.49. The highest BCUT2D eigenvalue weighted by Crippen LogP contribution is 2.45. The number of piperidine rings is 1. The molecule has 0 aromatic carbocycles. The lowest BCUT2D eigenvalue weighted by Gasteiger charge is -2.46. The van der Waals surface area contributed by atoms with E-state index in [0.29, 0.717) is 17.7 Å². The minimum atomic E-state index is -0.388. The first-order valence-electron chi connectivity index (χ1n) is 8.64. The fourth-order valence-corrected chi connectivity index (χ4v) is 4.13. The van der Waals surface area contributed by atoms with Gasteiger partial charge < -0.3 is 14.4 Å². The minimum Gasteiger partial charge on any atom is -0.466 e. The Bertz CT molecular complexity index is 570. The maximum absolute atomic E-state index is 12.8. The number of nitrogens with zero attached hydrogens (tertiary/aromatic N) is 3. The molecule has 0 radical (unpaired) electrons. The van der Waals surface area contributed by atoms with E-state index in [0.717, 1.165) is 57.7 Å². The van der Waals surface area contributed by atoms with Gasteiger partial charge in [-0.1, -0.05) is 11.6 Å². The van der Waals surface area contributed by atoms with E-state index in [2.05, 4.69) is 15.1 Å². The lowest BCUT2D eigenvalue weighted by Crippen LogP contribution is -2.50. The van der Waals surface area contributed by atoms with Crippen LogP contribution in [-0.2, 0) is 14.3 Å². The highest BCUT2D eigenvalue weighted by atomic mass is 35.5. The zero-order valence-corrected chi connectivity index (χ0v) is 14.8. The van der Waals surface area contributed by atoms with E-state index in [9.17, 15) is 4.79 Å². The molecule has 2 aliphatic rings. The Hall–Kier alpha value is -1.40. The second kappa shape index (κ2) is 7.66. The fourth-order valence-electron chi connectivity index (χ4n) is 3.97. The molecule has 1 aromatic heterocycles. The van der Waals surface area contributed by atoms with Gasteiger partial charge in [0.05, 0.1) is 23.9 Å². The summed E-state index contributed by atoms with van der Waals surface area (Å²) >= 11 is 5.95. The van der Waals surface area contributed by atoms with E-state index in [-0.39, 0.29) is 11.4 Å². The molecular formula is C17H24ClN3O3. The summed E-state index contributed by atoms with van der Waals surface area (Å²) in [6.45, 7) is 5.35. The van der Waals surface area contributed by atoms with Gasteiger partial charge in [-0.2, -0.15) is 5.10 Å². The summed E-state index contributed by atoms with van der Waals surface area (Å²) in [5.41, 5.74) is 0.569. The fraction of sp³-hybridized carbons (Fsp3) is 0.706. The van der Waals surface area contributed by atoms with Crippen LogP contribution >= 0.6 is 11.6 Å². The normalized spacial score (nSPS) is 21.5. The molecular weight excluding hydrogens is 330 g/mol. The van der Waals surface area contributed by atoms with Gasteiger partial charge in [0.25, 0.3) is 0 Å². The number of hydrogen-bond donors (Lipinski definition) is 0. The van der Waals surface area contributed by atoms with Gasteiger partial charge in [0.1, 0.15) is 0 Å². The average Bonchev–Trinajstić information content (AvgIpc) is 2.63. The molecule has 7 heteroatoms. The molecule has 3 heterocycles. The molecule has 6 nitrogen and oxygen atoms in total. The molecule has 3 rings (SSSR count). The Labute approximate surface area is 147 Å². The van der Waals surface area contributed by atoms with E-state index in [1.807, 2.05) is 13.0 Å². The number of esters is 1. The van der Waals surface area contributed by atoms with Crippen LogP contribution in [0.2, 0.25) is 5.15 Å². The van der Waals surface area contributed by atoms with Crippen LogP contribution in [0.3, 0.4) is 0 Å². The molecule has 2 fully saturated rings. The number of anilines is 1. The monoisotopic (exact) mass is 353 g/mol. The standard InChI is InChI=1S/C17H24ClN3O3/c1-2-24-16(22)17(13-3-9-23-10-4-13)5-7-21(8-6-17)14-11-15(18)20-19-12-14/h11-13H,2-10H2,1H3. The van der Waals surface area contributed by atoms with E-state index in [1.54, 1.807) is 6.20 Å². The number of rotatable bonds is 4. The maximum Gasteiger partial charge on any atom is 0.312 e. The Morgan fingerprint density at radius 1 is 1.42 bits per heavy atom. The van der Waals surface area contributed by atoms with Gasteiger partial charge in [-0.3, -0.25) is 4.79 Å². The number of carbonyl (C=O) groups excluding carboxylic acids is 1. The van der Waals surface area contributed by atoms with Crippen LogP contribution in [0, 0.1) is 11.3 Å². The van der Waals surface area contributed by atoms with E-state index < -0.39 is 0 Å². The molecule has 0 spiro atoms. The first kappa shape index (κ1) is 17.4. The van der Waals surface area contributed by atoms with E-state index in [1.165, 1.54) is 0 Å². The topological polar surface area (TPSA) is 64.6 Å². The van der Waals surface area contributed by atoms with Gasteiger partial charge in [0.15, 0.2) is 5.15 Å². The number of halogens is 1. The molecule has 0 atom stereocenters. The van der Waals surface area contributed by atoms with Crippen LogP contribution < -0.4 is 4.90 Å². The summed E-state index contributed by atoms with van der Waals surface area (Å²) in [7, 11) is 0. The highest BCUT2D eigenvalue weighted by molar-refractivity contribution is 6.29. The van der Waals surface area contributed by atoms with Gasteiger partial charge in [-0.15, -0.1) is 5.10 Å². The molecule has 0 amide bonds. The minimum absolute atomic E-state index is 0.0394. The SMILES string of the molecule is CCOC(=O)C1(C2CCOCC2)CCN(c2cnnc(Cl)c2)CC1. The Balaban J connectivity index is 1.75. The number of ether oxygens (including phenoxy) is 2. The molecule has 0 aliphatic carbocycles. The zero-order chi connectivity index (χ0) is 17.0. The van der Waals surface area contributed by atoms with Crippen molar-refractivity contribution in [2.75, 3.05) is 37.8 Å². The van der Waals surface area contributed by atoms with Crippen LogP contribution in [0.5, 0.6) is 0 Å². The van der Waals surface area contributed by atoms with E-state index in [4.69, 9.17) is 21.1 Å². The van der Waals surface area contributed by atoms with E-state index >= 15 is 0 Å². The molecule has 2 aliphatic heterocycles. The molecule has 1 aromatic rings. The molecule has 0 N–H and O–H groups in total. The Morgan fingerprint density at radius 3 is 2.75 bits per heavy atom. The zero-order valence-electron chi connectivity index (χ0n) is 14.0. The third kappa shape index (κ3) is 3.49. The summed E-state index contributed by atoms with van der Waals surface area (Å²) in [6.07, 6.45) is 5.16. The summed E-state index contributed by atoms with van der Waals surface area (Å²) in [5.74, 6) is 0.300. The summed E-state index contributed by atoms with van der Waals surface area (Å²) < 4.78 is 10.9. The van der Waals surface area contributed by atoms with Crippen molar-refractivity contribution in [3.63, 3.8) is 0 Å².